The van der Waals surface area contributed by atoms with E-state index in [1.54, 1.807) is 0 Å². The van der Waals surface area contributed by atoms with E-state index in [2.05, 4.69) is 15.8 Å². The average Bonchev–Trinajstić information content (AvgIpc) is 2.93. The lowest BCUT2D eigenvalue weighted by molar-refractivity contribution is -0.142. The highest BCUT2D eigenvalue weighted by atomic mass is 16.5. The first-order chi connectivity index (χ1) is 10.7. The highest BCUT2D eigenvalue weighted by Crippen LogP contribution is 2.13. The molecule has 128 valence electrons. The van der Waals surface area contributed by atoms with Crippen molar-refractivity contribution in [2.75, 3.05) is 6.54 Å². The molecule has 23 heavy (non-hydrogen) atoms. The predicted octanol–water partition coefficient (Wildman–Crippen LogP) is 1.14. The van der Waals surface area contributed by atoms with Crippen LogP contribution in [0.25, 0.3) is 0 Å². The molecule has 0 spiro atoms. The van der Waals surface area contributed by atoms with Gasteiger partial charge in [-0.3, -0.25) is 9.59 Å². The molecule has 1 heterocycles. The Hall–Kier alpha value is -2.38. The highest BCUT2D eigenvalue weighted by Gasteiger charge is 2.22. The number of carboxylic acids is 1. The minimum absolute atomic E-state index is 0.0125. The van der Waals surface area contributed by atoms with Crippen LogP contribution < -0.4 is 10.6 Å². The molecule has 0 aromatic carbocycles. The Morgan fingerprint density at radius 2 is 1.91 bits per heavy atom. The summed E-state index contributed by atoms with van der Waals surface area (Å²) in [7, 11) is 0. The van der Waals surface area contributed by atoms with Crippen molar-refractivity contribution in [1.29, 1.82) is 0 Å². The van der Waals surface area contributed by atoms with Crippen molar-refractivity contribution in [3.63, 3.8) is 0 Å². The van der Waals surface area contributed by atoms with Gasteiger partial charge in [-0.15, -0.1) is 0 Å². The Bertz CT molecular complexity index is 565. The van der Waals surface area contributed by atoms with Crippen molar-refractivity contribution in [3.05, 3.63) is 17.5 Å². The van der Waals surface area contributed by atoms with Crippen molar-refractivity contribution in [3.8, 4) is 0 Å². The van der Waals surface area contributed by atoms with Crippen LogP contribution in [0.3, 0.4) is 0 Å². The van der Waals surface area contributed by atoms with Gasteiger partial charge in [0.2, 0.25) is 11.7 Å². The topological polar surface area (TPSA) is 122 Å². The van der Waals surface area contributed by atoms with Crippen LogP contribution in [0.2, 0.25) is 0 Å². The summed E-state index contributed by atoms with van der Waals surface area (Å²) in [5.41, 5.74) is 0.641. The largest absolute Gasteiger partial charge is 0.480 e. The van der Waals surface area contributed by atoms with Crippen LogP contribution in [-0.4, -0.2) is 40.6 Å². The van der Waals surface area contributed by atoms with Crippen LogP contribution in [0.5, 0.6) is 0 Å². The highest BCUT2D eigenvalue weighted by molar-refractivity contribution is 5.94. The zero-order valence-electron chi connectivity index (χ0n) is 13.8. The van der Waals surface area contributed by atoms with E-state index in [0.29, 0.717) is 12.1 Å². The van der Waals surface area contributed by atoms with E-state index < -0.39 is 23.8 Å². The Morgan fingerprint density at radius 3 is 2.39 bits per heavy atom. The second kappa shape index (κ2) is 8.30. The number of aromatic nitrogens is 1. The lowest BCUT2D eigenvalue weighted by Gasteiger charge is -2.16. The normalized spacial score (nSPS) is 12.3. The van der Waals surface area contributed by atoms with E-state index in [-0.39, 0.29) is 24.1 Å². The first kappa shape index (κ1) is 18.7. The SMILES string of the molecule is CC(C)C[C@H](NC(=O)CNC(=O)c1cc(C(C)C)no1)C(=O)O. The average molecular weight is 325 g/mol. The number of hydrogen-bond acceptors (Lipinski definition) is 5. The lowest BCUT2D eigenvalue weighted by Crippen LogP contribution is -2.46. The molecule has 0 saturated heterocycles. The third-order valence-corrected chi connectivity index (χ3v) is 3.09. The molecule has 2 amide bonds. The molecular formula is C15H23N3O5. The van der Waals surface area contributed by atoms with Gasteiger partial charge in [0.15, 0.2) is 0 Å². The predicted molar refractivity (Wildman–Crippen MR) is 81.9 cm³/mol. The fourth-order valence-corrected chi connectivity index (χ4v) is 1.85. The van der Waals surface area contributed by atoms with Crippen molar-refractivity contribution < 1.29 is 24.0 Å². The molecule has 0 aliphatic carbocycles. The monoisotopic (exact) mass is 325 g/mol. The van der Waals surface area contributed by atoms with E-state index in [0.717, 1.165) is 0 Å². The quantitative estimate of drug-likeness (QED) is 0.659. The van der Waals surface area contributed by atoms with Crippen LogP contribution in [0, 0.1) is 5.92 Å². The molecule has 0 aliphatic rings. The molecule has 0 bridgehead atoms. The van der Waals surface area contributed by atoms with Gasteiger partial charge in [0.05, 0.1) is 12.2 Å². The number of rotatable bonds is 8. The van der Waals surface area contributed by atoms with Gasteiger partial charge in [0.25, 0.3) is 5.91 Å². The molecular weight excluding hydrogens is 302 g/mol. The van der Waals surface area contributed by atoms with E-state index in [1.807, 2.05) is 27.7 Å². The Labute approximate surface area is 134 Å². The number of hydrogen-bond donors (Lipinski definition) is 3. The van der Waals surface area contributed by atoms with E-state index in [4.69, 9.17) is 9.63 Å². The fraction of sp³-hybridized carbons (Fsp3) is 0.600. The first-order valence-electron chi connectivity index (χ1n) is 7.47. The maximum Gasteiger partial charge on any atom is 0.326 e. The number of nitrogens with zero attached hydrogens (tertiary/aromatic N) is 1. The van der Waals surface area contributed by atoms with Crippen LogP contribution >= 0.6 is 0 Å². The van der Waals surface area contributed by atoms with Gasteiger partial charge >= 0.3 is 5.97 Å². The molecule has 8 nitrogen and oxygen atoms in total. The lowest BCUT2D eigenvalue weighted by atomic mass is 10.0. The van der Waals surface area contributed by atoms with Gasteiger partial charge in [-0.25, -0.2) is 4.79 Å². The molecule has 1 rings (SSSR count). The van der Waals surface area contributed by atoms with Gasteiger partial charge in [-0.1, -0.05) is 32.9 Å². The molecule has 1 aromatic rings. The summed E-state index contributed by atoms with van der Waals surface area (Å²) in [6, 6.07) is 0.536. The molecule has 0 radical (unpaired) electrons. The molecule has 0 aliphatic heterocycles. The molecule has 0 fully saturated rings. The second-order valence-corrected chi connectivity index (χ2v) is 6.04. The first-order valence-corrected chi connectivity index (χ1v) is 7.47. The van der Waals surface area contributed by atoms with Gasteiger partial charge < -0.3 is 20.3 Å². The maximum atomic E-state index is 11.8. The Balaban J connectivity index is 2.50. The van der Waals surface area contributed by atoms with Crippen LogP contribution in [-0.2, 0) is 9.59 Å². The van der Waals surface area contributed by atoms with Crippen molar-refractivity contribution in [2.45, 2.75) is 46.1 Å². The smallest absolute Gasteiger partial charge is 0.326 e. The fourth-order valence-electron chi connectivity index (χ4n) is 1.85. The van der Waals surface area contributed by atoms with Crippen LogP contribution in [0.1, 0.15) is 56.3 Å². The second-order valence-electron chi connectivity index (χ2n) is 6.04. The number of carboxylic acid groups (broad SMARTS) is 1. The Kier molecular flexibility index (Phi) is 6.74. The van der Waals surface area contributed by atoms with Crippen molar-refractivity contribution >= 4 is 17.8 Å². The van der Waals surface area contributed by atoms with Gasteiger partial charge in [0.1, 0.15) is 6.04 Å². The van der Waals surface area contributed by atoms with Crippen LogP contribution in [0.15, 0.2) is 10.6 Å². The Morgan fingerprint density at radius 1 is 1.26 bits per heavy atom. The summed E-state index contributed by atoms with van der Waals surface area (Å²) in [5.74, 6) is -2.00. The minimum Gasteiger partial charge on any atom is -0.480 e. The molecule has 1 atom stereocenters. The van der Waals surface area contributed by atoms with E-state index in [9.17, 15) is 14.4 Å². The number of carbonyl (C=O) groups is 3. The van der Waals surface area contributed by atoms with Crippen LogP contribution in [0.4, 0.5) is 0 Å². The van der Waals surface area contributed by atoms with Gasteiger partial charge in [-0.2, -0.15) is 0 Å². The molecule has 8 heteroatoms. The number of carbonyl (C=O) groups excluding carboxylic acids is 2. The summed E-state index contributed by atoms with van der Waals surface area (Å²) >= 11 is 0. The maximum absolute atomic E-state index is 11.8. The molecule has 0 unspecified atom stereocenters. The van der Waals surface area contributed by atoms with Crippen molar-refractivity contribution in [1.82, 2.24) is 15.8 Å². The number of nitrogens with one attached hydrogen (secondary N) is 2. The van der Waals surface area contributed by atoms with Gasteiger partial charge in [-0.05, 0) is 18.3 Å². The summed E-state index contributed by atoms with van der Waals surface area (Å²) in [4.78, 5) is 34.7. The molecule has 0 saturated carbocycles. The summed E-state index contributed by atoms with van der Waals surface area (Å²) in [5, 5.41) is 17.6. The van der Waals surface area contributed by atoms with Crippen molar-refractivity contribution in [2.24, 2.45) is 5.92 Å². The third-order valence-electron chi connectivity index (χ3n) is 3.09. The minimum atomic E-state index is -1.10. The summed E-state index contributed by atoms with van der Waals surface area (Å²) < 4.78 is 4.90. The standard InChI is InChI=1S/C15H23N3O5/c1-8(2)5-11(15(21)22)17-13(19)7-16-14(20)12-6-10(9(3)4)18-23-12/h6,8-9,11H,5,7H2,1-4H3,(H,16,20)(H,17,19)(H,21,22)/t11-/m0/s1. The zero-order chi connectivity index (χ0) is 17.6. The molecule has 3 N–H and O–H groups in total. The van der Waals surface area contributed by atoms with E-state index in [1.165, 1.54) is 6.07 Å². The zero-order valence-corrected chi connectivity index (χ0v) is 13.8. The molecule has 1 aromatic heterocycles. The third kappa shape index (κ3) is 6.09. The summed E-state index contributed by atoms with van der Waals surface area (Å²) in [6.45, 7) is 7.21. The number of aliphatic carboxylic acids is 1. The van der Waals surface area contributed by atoms with Gasteiger partial charge in [0, 0.05) is 6.07 Å². The summed E-state index contributed by atoms with van der Waals surface area (Å²) in [6.07, 6.45) is 0.314. The van der Waals surface area contributed by atoms with E-state index >= 15 is 0 Å². The number of amides is 2.